The molecule has 1 aliphatic carbocycles. The fourth-order valence-corrected chi connectivity index (χ4v) is 3.39. The Morgan fingerprint density at radius 2 is 2.17 bits per heavy atom. The van der Waals surface area contributed by atoms with Crippen molar-refractivity contribution in [2.24, 2.45) is 11.3 Å². The van der Waals surface area contributed by atoms with Crippen molar-refractivity contribution in [3.8, 4) is 0 Å². The molecule has 3 aliphatic rings. The van der Waals surface area contributed by atoms with Crippen molar-refractivity contribution in [2.45, 2.75) is 39.7 Å². The van der Waals surface area contributed by atoms with E-state index in [9.17, 15) is 4.79 Å². The first-order valence-electron chi connectivity index (χ1n) is 6.42. The SMILES string of the molecule is CC1=COC=C[C@@]2(C)C[C@@H]3OC(=O)C(C)=C3C[C@@H]12. The Morgan fingerprint density at radius 1 is 1.39 bits per heavy atom. The smallest absolute Gasteiger partial charge is 0.334 e. The van der Waals surface area contributed by atoms with Crippen LogP contribution >= 0.6 is 0 Å². The van der Waals surface area contributed by atoms with Crippen LogP contribution in [0.1, 0.15) is 33.6 Å². The molecular weight excluding hydrogens is 228 g/mol. The molecule has 0 saturated heterocycles. The van der Waals surface area contributed by atoms with E-state index in [1.54, 1.807) is 6.26 Å². The second-order valence-corrected chi connectivity index (χ2v) is 5.81. The molecule has 18 heavy (non-hydrogen) atoms. The average molecular weight is 246 g/mol. The Morgan fingerprint density at radius 3 is 2.94 bits per heavy atom. The summed E-state index contributed by atoms with van der Waals surface area (Å²) in [5.74, 6) is 0.254. The Hall–Kier alpha value is -1.51. The van der Waals surface area contributed by atoms with E-state index in [0.717, 1.165) is 18.4 Å². The molecule has 0 aromatic heterocycles. The highest BCUT2D eigenvalue weighted by atomic mass is 16.5. The second-order valence-electron chi connectivity index (χ2n) is 5.81. The molecule has 3 heteroatoms. The molecule has 96 valence electrons. The van der Waals surface area contributed by atoms with Gasteiger partial charge in [0.05, 0.1) is 12.5 Å². The van der Waals surface area contributed by atoms with E-state index in [2.05, 4.69) is 19.9 Å². The fourth-order valence-electron chi connectivity index (χ4n) is 3.39. The zero-order valence-corrected chi connectivity index (χ0v) is 11.0. The molecule has 2 aliphatic heterocycles. The Bertz CT molecular complexity index is 498. The molecule has 0 aromatic carbocycles. The van der Waals surface area contributed by atoms with Crippen LogP contribution in [0.5, 0.6) is 0 Å². The molecule has 3 rings (SSSR count). The molecule has 1 fully saturated rings. The second kappa shape index (κ2) is 3.74. The highest BCUT2D eigenvalue weighted by Crippen LogP contribution is 2.51. The number of rotatable bonds is 0. The topological polar surface area (TPSA) is 35.5 Å². The maximum absolute atomic E-state index is 11.7. The van der Waals surface area contributed by atoms with Gasteiger partial charge in [0.2, 0.25) is 0 Å². The van der Waals surface area contributed by atoms with Crippen LogP contribution in [-0.4, -0.2) is 12.1 Å². The van der Waals surface area contributed by atoms with Crippen LogP contribution in [0, 0.1) is 11.3 Å². The van der Waals surface area contributed by atoms with Crippen molar-refractivity contribution >= 4 is 5.97 Å². The van der Waals surface area contributed by atoms with Gasteiger partial charge in [-0.05, 0) is 55.2 Å². The minimum atomic E-state index is -0.142. The largest absolute Gasteiger partial charge is 0.473 e. The van der Waals surface area contributed by atoms with Gasteiger partial charge >= 0.3 is 5.97 Å². The lowest BCUT2D eigenvalue weighted by atomic mass is 9.63. The number of fused-ring (bicyclic) bond motifs is 2. The van der Waals surface area contributed by atoms with Gasteiger partial charge in [0.15, 0.2) is 0 Å². The average Bonchev–Trinajstić information content (AvgIpc) is 2.49. The minimum Gasteiger partial charge on any atom is -0.473 e. The molecule has 0 amide bonds. The van der Waals surface area contributed by atoms with Crippen molar-refractivity contribution in [3.05, 3.63) is 35.3 Å². The van der Waals surface area contributed by atoms with E-state index < -0.39 is 0 Å². The number of allylic oxidation sites excluding steroid dienone is 2. The fraction of sp³-hybridized carbons (Fsp3) is 0.533. The van der Waals surface area contributed by atoms with Crippen molar-refractivity contribution in [1.82, 2.24) is 0 Å². The number of hydrogen-bond donors (Lipinski definition) is 0. The van der Waals surface area contributed by atoms with Gasteiger partial charge in [-0.3, -0.25) is 0 Å². The van der Waals surface area contributed by atoms with E-state index in [1.165, 1.54) is 11.1 Å². The van der Waals surface area contributed by atoms with Crippen LogP contribution < -0.4 is 0 Å². The van der Waals surface area contributed by atoms with E-state index in [-0.39, 0.29) is 17.5 Å². The third-order valence-corrected chi connectivity index (χ3v) is 4.60. The third-order valence-electron chi connectivity index (χ3n) is 4.60. The first-order chi connectivity index (χ1) is 8.51. The van der Waals surface area contributed by atoms with Gasteiger partial charge in [0.25, 0.3) is 0 Å². The summed E-state index contributed by atoms with van der Waals surface area (Å²) in [6, 6.07) is 0. The van der Waals surface area contributed by atoms with Crippen LogP contribution in [0.25, 0.3) is 0 Å². The van der Waals surface area contributed by atoms with Crippen LogP contribution in [0.3, 0.4) is 0 Å². The Labute approximate surface area is 107 Å². The summed E-state index contributed by atoms with van der Waals surface area (Å²) < 4.78 is 10.8. The predicted octanol–water partition coefficient (Wildman–Crippen LogP) is 3.09. The van der Waals surface area contributed by atoms with Crippen LogP contribution in [0.2, 0.25) is 0 Å². The monoisotopic (exact) mass is 246 g/mol. The van der Waals surface area contributed by atoms with E-state index in [0.29, 0.717) is 5.92 Å². The first-order valence-corrected chi connectivity index (χ1v) is 6.42. The zero-order chi connectivity index (χ0) is 12.9. The Balaban J connectivity index is 2.03. The molecule has 0 N–H and O–H groups in total. The lowest BCUT2D eigenvalue weighted by Crippen LogP contribution is -2.37. The quantitative estimate of drug-likeness (QED) is 0.616. The van der Waals surface area contributed by atoms with Crippen molar-refractivity contribution < 1.29 is 14.3 Å². The molecule has 0 bridgehead atoms. The molecule has 3 nitrogen and oxygen atoms in total. The van der Waals surface area contributed by atoms with E-state index >= 15 is 0 Å². The van der Waals surface area contributed by atoms with Gasteiger partial charge in [-0.2, -0.15) is 0 Å². The maximum atomic E-state index is 11.7. The summed E-state index contributed by atoms with van der Waals surface area (Å²) >= 11 is 0. The van der Waals surface area contributed by atoms with Gasteiger partial charge in [-0.1, -0.05) is 6.92 Å². The molecule has 0 radical (unpaired) electrons. The number of ether oxygens (including phenoxy) is 2. The Kier molecular flexibility index (Phi) is 2.40. The maximum Gasteiger partial charge on any atom is 0.334 e. The van der Waals surface area contributed by atoms with Crippen molar-refractivity contribution in [2.75, 3.05) is 0 Å². The number of hydrogen-bond acceptors (Lipinski definition) is 3. The predicted molar refractivity (Wildman–Crippen MR) is 67.4 cm³/mol. The summed E-state index contributed by atoms with van der Waals surface area (Å²) in [5.41, 5.74) is 3.24. The summed E-state index contributed by atoms with van der Waals surface area (Å²) in [5, 5.41) is 0. The van der Waals surface area contributed by atoms with Crippen LogP contribution in [0.4, 0.5) is 0 Å². The van der Waals surface area contributed by atoms with Crippen molar-refractivity contribution in [3.63, 3.8) is 0 Å². The van der Waals surface area contributed by atoms with Gasteiger partial charge in [-0.15, -0.1) is 0 Å². The van der Waals surface area contributed by atoms with Crippen LogP contribution in [-0.2, 0) is 14.3 Å². The molecule has 2 heterocycles. The normalized spacial score (nSPS) is 38.4. The summed E-state index contributed by atoms with van der Waals surface area (Å²) in [4.78, 5) is 11.7. The molecule has 0 aromatic rings. The van der Waals surface area contributed by atoms with Crippen molar-refractivity contribution in [1.29, 1.82) is 0 Å². The van der Waals surface area contributed by atoms with E-state index in [4.69, 9.17) is 9.47 Å². The number of carbonyl (C=O) groups is 1. The van der Waals surface area contributed by atoms with Gasteiger partial charge in [0, 0.05) is 5.57 Å². The summed E-state index contributed by atoms with van der Waals surface area (Å²) in [6.45, 7) is 6.20. The highest BCUT2D eigenvalue weighted by molar-refractivity contribution is 5.91. The molecule has 0 unspecified atom stereocenters. The third kappa shape index (κ3) is 1.53. The molecule has 3 atom stereocenters. The standard InChI is InChI=1S/C15H18O3/c1-9-8-17-5-4-15(3)7-13-11(6-12(9)15)10(2)14(16)18-13/h4-5,8,12-13H,6-7H2,1-3H3/t12-,13-,15-/m0/s1. The minimum absolute atomic E-state index is 0.0101. The summed E-state index contributed by atoms with van der Waals surface area (Å²) in [6.07, 6.45) is 7.40. The van der Waals surface area contributed by atoms with Gasteiger partial charge in [0.1, 0.15) is 6.10 Å². The molecular formula is C15H18O3. The van der Waals surface area contributed by atoms with E-state index in [1.807, 2.05) is 13.2 Å². The number of carbonyl (C=O) groups excluding carboxylic acids is 1. The zero-order valence-electron chi connectivity index (χ0n) is 11.0. The lowest BCUT2D eigenvalue weighted by molar-refractivity contribution is -0.141. The molecule has 1 saturated carbocycles. The van der Waals surface area contributed by atoms with Crippen LogP contribution in [0.15, 0.2) is 35.3 Å². The number of esters is 1. The lowest BCUT2D eigenvalue weighted by Gasteiger charge is -2.41. The van der Waals surface area contributed by atoms with Gasteiger partial charge < -0.3 is 9.47 Å². The van der Waals surface area contributed by atoms with Gasteiger partial charge in [-0.25, -0.2) is 4.79 Å². The summed E-state index contributed by atoms with van der Waals surface area (Å²) in [7, 11) is 0. The first kappa shape index (κ1) is 11.6. The highest BCUT2D eigenvalue weighted by Gasteiger charge is 2.47. The molecule has 0 spiro atoms.